The molecule has 8 heteroatoms. The fourth-order valence-corrected chi connectivity index (χ4v) is 5.34. The van der Waals surface area contributed by atoms with Gasteiger partial charge < -0.3 is 15.4 Å². The molecule has 3 aromatic carbocycles. The molecule has 0 aliphatic rings. The van der Waals surface area contributed by atoms with E-state index in [2.05, 4.69) is 29.5 Å². The van der Waals surface area contributed by atoms with Gasteiger partial charge in [-0.3, -0.25) is 9.59 Å². The van der Waals surface area contributed by atoms with Crippen molar-refractivity contribution in [2.75, 3.05) is 23.0 Å². The number of benzene rings is 3. The number of aryl methyl sites for hydroxylation is 1. The van der Waals surface area contributed by atoms with Crippen LogP contribution in [0.1, 0.15) is 42.6 Å². The molecule has 0 aliphatic heterocycles. The van der Waals surface area contributed by atoms with Crippen molar-refractivity contribution < 1.29 is 14.3 Å². The van der Waals surface area contributed by atoms with Gasteiger partial charge in [0.1, 0.15) is 5.75 Å². The summed E-state index contributed by atoms with van der Waals surface area (Å²) in [5, 5.41) is 5.87. The molecule has 0 saturated heterocycles. The third-order valence-corrected chi connectivity index (χ3v) is 7.64. The van der Waals surface area contributed by atoms with Gasteiger partial charge in [0, 0.05) is 16.9 Å². The van der Waals surface area contributed by atoms with Crippen molar-refractivity contribution in [3.05, 3.63) is 77.9 Å². The Kier molecular flexibility index (Phi) is 8.97. The molecule has 0 unspecified atom stereocenters. The molecule has 186 valence electrons. The van der Waals surface area contributed by atoms with Crippen LogP contribution in [0.3, 0.4) is 0 Å². The van der Waals surface area contributed by atoms with E-state index in [0.717, 1.165) is 45.3 Å². The Morgan fingerprint density at radius 3 is 2.42 bits per heavy atom. The maximum atomic E-state index is 12.7. The molecule has 0 fully saturated rings. The highest BCUT2D eigenvalue weighted by molar-refractivity contribution is 8.01. The van der Waals surface area contributed by atoms with Gasteiger partial charge >= 0.3 is 0 Å². The zero-order chi connectivity index (χ0) is 25.3. The van der Waals surface area contributed by atoms with E-state index in [1.165, 1.54) is 28.7 Å². The summed E-state index contributed by atoms with van der Waals surface area (Å²) >= 11 is 2.91. The highest BCUT2D eigenvalue weighted by atomic mass is 32.2. The molecular formula is C28H29N3O3S2. The van der Waals surface area contributed by atoms with E-state index in [9.17, 15) is 9.59 Å². The summed E-state index contributed by atoms with van der Waals surface area (Å²) in [6, 6.07) is 20.7. The van der Waals surface area contributed by atoms with Gasteiger partial charge in [-0.1, -0.05) is 44.2 Å². The second-order valence-electron chi connectivity index (χ2n) is 8.23. The van der Waals surface area contributed by atoms with E-state index in [0.29, 0.717) is 17.9 Å². The average Bonchev–Trinajstić information content (AvgIpc) is 3.31. The first-order chi connectivity index (χ1) is 17.5. The average molecular weight is 520 g/mol. The number of fused-ring (bicyclic) bond motifs is 1. The standard InChI is InChI=1S/C28H29N3O3S2/c1-3-5-16-34-23-13-8-20(9-14-23)27(33)30-22-12-15-24-25(17-22)36-28(31-24)35-18-26(32)29-21-10-6-19(4-2)7-11-21/h6-15,17H,3-5,16,18H2,1-2H3,(H,29,32)(H,30,33). The lowest BCUT2D eigenvalue weighted by Crippen LogP contribution is -2.13. The maximum absolute atomic E-state index is 12.7. The predicted molar refractivity (Wildman–Crippen MR) is 150 cm³/mol. The summed E-state index contributed by atoms with van der Waals surface area (Å²) in [6.07, 6.45) is 3.05. The molecule has 2 amide bonds. The van der Waals surface area contributed by atoms with Crippen molar-refractivity contribution in [1.29, 1.82) is 0 Å². The number of carbonyl (C=O) groups excluding carboxylic acids is 2. The molecule has 6 nitrogen and oxygen atoms in total. The first-order valence-corrected chi connectivity index (χ1v) is 13.8. The van der Waals surface area contributed by atoms with E-state index in [1.54, 1.807) is 12.1 Å². The molecule has 0 radical (unpaired) electrons. The zero-order valence-corrected chi connectivity index (χ0v) is 22.0. The van der Waals surface area contributed by atoms with Gasteiger partial charge in [0.2, 0.25) is 5.91 Å². The highest BCUT2D eigenvalue weighted by Gasteiger charge is 2.11. The summed E-state index contributed by atoms with van der Waals surface area (Å²) in [5.41, 5.74) is 4.13. The van der Waals surface area contributed by atoms with Crippen LogP contribution in [0.2, 0.25) is 0 Å². The normalized spacial score (nSPS) is 10.8. The summed E-state index contributed by atoms with van der Waals surface area (Å²) in [5.74, 6) is 0.784. The molecule has 0 saturated carbocycles. The number of thiazole rings is 1. The molecule has 0 atom stereocenters. The summed E-state index contributed by atoms with van der Waals surface area (Å²) < 4.78 is 7.42. The van der Waals surface area contributed by atoms with E-state index < -0.39 is 0 Å². The van der Waals surface area contributed by atoms with Crippen molar-refractivity contribution in [3.8, 4) is 5.75 Å². The number of rotatable bonds is 11. The minimum Gasteiger partial charge on any atom is -0.494 e. The molecule has 1 aromatic heterocycles. The van der Waals surface area contributed by atoms with Gasteiger partial charge in [-0.25, -0.2) is 4.98 Å². The van der Waals surface area contributed by atoms with Crippen LogP contribution < -0.4 is 15.4 Å². The van der Waals surface area contributed by atoms with E-state index >= 15 is 0 Å². The Morgan fingerprint density at radius 1 is 0.944 bits per heavy atom. The van der Waals surface area contributed by atoms with Crippen LogP contribution in [0.4, 0.5) is 11.4 Å². The molecule has 36 heavy (non-hydrogen) atoms. The van der Waals surface area contributed by atoms with Crippen LogP contribution in [0.25, 0.3) is 10.2 Å². The number of hydrogen-bond acceptors (Lipinski definition) is 6. The van der Waals surface area contributed by atoms with Crippen molar-refractivity contribution in [3.63, 3.8) is 0 Å². The molecule has 0 spiro atoms. The van der Waals surface area contributed by atoms with Gasteiger partial charge in [0.15, 0.2) is 4.34 Å². The smallest absolute Gasteiger partial charge is 0.255 e. The third-order valence-electron chi connectivity index (χ3n) is 5.48. The monoisotopic (exact) mass is 519 g/mol. The predicted octanol–water partition coefficient (Wildman–Crippen LogP) is 7.02. The van der Waals surface area contributed by atoms with Crippen molar-refractivity contribution in [1.82, 2.24) is 4.98 Å². The molecular weight excluding hydrogens is 490 g/mol. The number of amides is 2. The molecule has 1 heterocycles. The van der Waals surface area contributed by atoms with Crippen LogP contribution in [-0.2, 0) is 11.2 Å². The Labute approximate surface area is 219 Å². The van der Waals surface area contributed by atoms with Crippen LogP contribution in [0.5, 0.6) is 5.75 Å². The largest absolute Gasteiger partial charge is 0.494 e. The van der Waals surface area contributed by atoms with Gasteiger partial charge in [-0.15, -0.1) is 11.3 Å². The van der Waals surface area contributed by atoms with Gasteiger partial charge in [0.05, 0.1) is 22.6 Å². The van der Waals surface area contributed by atoms with Crippen LogP contribution >= 0.6 is 23.1 Å². The number of nitrogens with one attached hydrogen (secondary N) is 2. The Balaban J connectivity index is 1.32. The molecule has 0 aliphatic carbocycles. The number of ether oxygens (including phenoxy) is 1. The molecule has 2 N–H and O–H groups in total. The van der Waals surface area contributed by atoms with E-state index in [1.807, 2.05) is 54.6 Å². The zero-order valence-electron chi connectivity index (χ0n) is 20.4. The lowest BCUT2D eigenvalue weighted by Gasteiger charge is -2.07. The quantitative estimate of drug-likeness (QED) is 0.164. The Bertz CT molecular complexity index is 1320. The van der Waals surface area contributed by atoms with Crippen molar-refractivity contribution in [2.24, 2.45) is 0 Å². The first kappa shape index (κ1) is 25.7. The number of hydrogen-bond donors (Lipinski definition) is 2. The second kappa shape index (κ2) is 12.6. The fourth-order valence-electron chi connectivity index (χ4n) is 3.43. The summed E-state index contributed by atoms with van der Waals surface area (Å²) in [6.45, 7) is 4.89. The number of anilines is 2. The molecule has 0 bridgehead atoms. The van der Waals surface area contributed by atoms with Gasteiger partial charge in [0.25, 0.3) is 5.91 Å². The van der Waals surface area contributed by atoms with Crippen LogP contribution in [-0.4, -0.2) is 29.2 Å². The molecule has 4 rings (SSSR count). The number of nitrogens with zero attached hydrogens (tertiary/aromatic N) is 1. The minimum absolute atomic E-state index is 0.0711. The number of unbranched alkanes of at least 4 members (excludes halogenated alkanes) is 1. The van der Waals surface area contributed by atoms with Crippen LogP contribution in [0, 0.1) is 0 Å². The number of carbonyl (C=O) groups is 2. The van der Waals surface area contributed by atoms with Crippen molar-refractivity contribution >= 4 is 56.5 Å². The minimum atomic E-state index is -0.183. The summed E-state index contributed by atoms with van der Waals surface area (Å²) in [4.78, 5) is 29.6. The maximum Gasteiger partial charge on any atom is 0.255 e. The lowest BCUT2D eigenvalue weighted by atomic mass is 10.1. The fraction of sp³-hybridized carbons (Fsp3) is 0.250. The Morgan fingerprint density at radius 2 is 1.69 bits per heavy atom. The first-order valence-electron chi connectivity index (χ1n) is 12.0. The highest BCUT2D eigenvalue weighted by Crippen LogP contribution is 2.31. The van der Waals surface area contributed by atoms with Crippen LogP contribution in [0.15, 0.2) is 71.1 Å². The van der Waals surface area contributed by atoms with Gasteiger partial charge in [-0.05, 0) is 73.0 Å². The summed E-state index contributed by atoms with van der Waals surface area (Å²) in [7, 11) is 0. The topological polar surface area (TPSA) is 80.3 Å². The number of aromatic nitrogens is 1. The van der Waals surface area contributed by atoms with E-state index in [4.69, 9.17) is 4.74 Å². The van der Waals surface area contributed by atoms with Crippen molar-refractivity contribution in [2.45, 2.75) is 37.4 Å². The second-order valence-corrected chi connectivity index (χ2v) is 10.5. The Hall–Kier alpha value is -3.36. The number of thioether (sulfide) groups is 1. The SMILES string of the molecule is CCCCOc1ccc(C(=O)Nc2ccc3nc(SCC(=O)Nc4ccc(CC)cc4)sc3c2)cc1. The molecule has 4 aromatic rings. The van der Waals surface area contributed by atoms with Gasteiger partial charge in [-0.2, -0.15) is 0 Å². The third kappa shape index (κ3) is 7.08. The van der Waals surface area contributed by atoms with E-state index in [-0.39, 0.29) is 17.6 Å². The lowest BCUT2D eigenvalue weighted by molar-refractivity contribution is -0.113.